The molecule has 1 amide bonds. The number of aromatic nitrogens is 1. The lowest BCUT2D eigenvalue weighted by molar-refractivity contribution is -0.0183. The molecule has 0 atom stereocenters. The predicted octanol–water partition coefficient (Wildman–Crippen LogP) is 1.38. The van der Waals surface area contributed by atoms with Crippen LogP contribution in [0.2, 0.25) is 0 Å². The topological polar surface area (TPSA) is 77.7 Å². The summed E-state index contributed by atoms with van der Waals surface area (Å²) in [6, 6.07) is 0. The Morgan fingerprint density at radius 1 is 1.50 bits per heavy atom. The van der Waals surface area contributed by atoms with Crippen LogP contribution in [0.3, 0.4) is 0 Å². The molecule has 6 nitrogen and oxygen atoms in total. The molecule has 0 spiro atoms. The van der Waals surface area contributed by atoms with Gasteiger partial charge >= 0.3 is 0 Å². The number of rotatable bonds is 6. The molecular formula is C13H21N3O3S. The number of hydrogen-bond acceptors (Lipinski definition) is 6. The highest BCUT2D eigenvalue weighted by Crippen LogP contribution is 2.18. The standard InChI is InChI=1S/C13H21N3O3S/c1-2-18-7-8-19-10-3-5-16(6-4-10)12(17)11-9-20-13(14)15-11/h9-10H,2-8H2,1H3,(H2,14,15). The number of nitrogens with two attached hydrogens (primary N) is 1. The van der Waals surface area contributed by atoms with Gasteiger partial charge in [0, 0.05) is 25.1 Å². The fourth-order valence-corrected chi connectivity index (χ4v) is 2.73. The fourth-order valence-electron chi connectivity index (χ4n) is 2.19. The first-order valence-electron chi connectivity index (χ1n) is 6.90. The monoisotopic (exact) mass is 299 g/mol. The van der Waals surface area contributed by atoms with Crippen molar-refractivity contribution in [2.24, 2.45) is 0 Å². The minimum Gasteiger partial charge on any atom is -0.379 e. The van der Waals surface area contributed by atoms with Gasteiger partial charge in [-0.2, -0.15) is 0 Å². The van der Waals surface area contributed by atoms with Crippen LogP contribution in [0, 0.1) is 0 Å². The lowest BCUT2D eigenvalue weighted by atomic mass is 10.1. The van der Waals surface area contributed by atoms with E-state index in [-0.39, 0.29) is 12.0 Å². The molecular weight excluding hydrogens is 278 g/mol. The summed E-state index contributed by atoms with van der Waals surface area (Å²) < 4.78 is 11.0. The van der Waals surface area contributed by atoms with Crippen LogP contribution in [-0.2, 0) is 9.47 Å². The Labute approximate surface area is 122 Å². The number of amides is 1. The maximum atomic E-state index is 12.2. The Bertz CT molecular complexity index is 430. The number of thiazole rings is 1. The van der Waals surface area contributed by atoms with E-state index in [9.17, 15) is 4.79 Å². The van der Waals surface area contributed by atoms with Crippen molar-refractivity contribution in [1.29, 1.82) is 0 Å². The third-order valence-corrected chi connectivity index (χ3v) is 3.93. The van der Waals surface area contributed by atoms with E-state index in [1.807, 2.05) is 11.8 Å². The minimum atomic E-state index is -0.0364. The van der Waals surface area contributed by atoms with Crippen molar-refractivity contribution in [2.75, 3.05) is 38.6 Å². The molecule has 1 aromatic rings. The average Bonchev–Trinajstić information content (AvgIpc) is 2.90. The van der Waals surface area contributed by atoms with E-state index in [1.54, 1.807) is 5.38 Å². The van der Waals surface area contributed by atoms with Gasteiger partial charge in [-0.3, -0.25) is 4.79 Å². The highest BCUT2D eigenvalue weighted by Gasteiger charge is 2.25. The molecule has 0 unspecified atom stereocenters. The van der Waals surface area contributed by atoms with Gasteiger partial charge in [-0.1, -0.05) is 0 Å². The molecule has 0 aliphatic carbocycles. The SMILES string of the molecule is CCOCCOC1CCN(C(=O)c2csc(N)n2)CC1. The van der Waals surface area contributed by atoms with Crippen molar-refractivity contribution in [3.8, 4) is 0 Å². The molecule has 7 heteroatoms. The van der Waals surface area contributed by atoms with Gasteiger partial charge in [0.25, 0.3) is 5.91 Å². The summed E-state index contributed by atoms with van der Waals surface area (Å²) >= 11 is 1.29. The summed E-state index contributed by atoms with van der Waals surface area (Å²) in [6.45, 7) is 5.34. The molecule has 0 radical (unpaired) electrons. The van der Waals surface area contributed by atoms with Crippen molar-refractivity contribution in [3.63, 3.8) is 0 Å². The number of hydrogen-bond donors (Lipinski definition) is 1. The van der Waals surface area contributed by atoms with E-state index in [4.69, 9.17) is 15.2 Å². The number of carbonyl (C=O) groups is 1. The minimum absolute atomic E-state index is 0.0364. The second kappa shape index (κ2) is 7.56. The summed E-state index contributed by atoms with van der Waals surface area (Å²) in [4.78, 5) is 18.0. The lowest BCUT2D eigenvalue weighted by Gasteiger charge is -2.31. The van der Waals surface area contributed by atoms with Crippen LogP contribution in [0.1, 0.15) is 30.3 Å². The van der Waals surface area contributed by atoms with Gasteiger partial charge in [0.15, 0.2) is 5.13 Å². The predicted molar refractivity (Wildman–Crippen MR) is 77.9 cm³/mol. The molecule has 1 saturated heterocycles. The molecule has 1 aliphatic rings. The summed E-state index contributed by atoms with van der Waals surface area (Å²) in [5.41, 5.74) is 6.00. The quantitative estimate of drug-likeness (QED) is 0.803. The van der Waals surface area contributed by atoms with E-state index in [1.165, 1.54) is 11.3 Å². The second-order valence-electron chi connectivity index (χ2n) is 4.63. The highest BCUT2D eigenvalue weighted by molar-refractivity contribution is 7.13. The normalized spacial score (nSPS) is 16.6. The maximum absolute atomic E-state index is 12.2. The molecule has 2 heterocycles. The van der Waals surface area contributed by atoms with Gasteiger partial charge in [0.05, 0.1) is 19.3 Å². The Hall–Kier alpha value is -1.18. The van der Waals surface area contributed by atoms with E-state index < -0.39 is 0 Å². The number of nitrogens with zero attached hydrogens (tertiary/aromatic N) is 2. The summed E-state index contributed by atoms with van der Waals surface area (Å²) in [5, 5.41) is 2.14. The Morgan fingerprint density at radius 3 is 2.85 bits per heavy atom. The van der Waals surface area contributed by atoms with Crippen molar-refractivity contribution >= 4 is 22.4 Å². The summed E-state index contributed by atoms with van der Waals surface area (Å²) in [6.07, 6.45) is 1.94. The molecule has 112 valence electrons. The van der Waals surface area contributed by atoms with Crippen LogP contribution in [0.5, 0.6) is 0 Å². The number of likely N-dealkylation sites (tertiary alicyclic amines) is 1. The lowest BCUT2D eigenvalue weighted by Crippen LogP contribution is -2.41. The number of piperidine rings is 1. The van der Waals surface area contributed by atoms with Gasteiger partial charge in [-0.15, -0.1) is 11.3 Å². The van der Waals surface area contributed by atoms with Gasteiger partial charge in [-0.05, 0) is 19.8 Å². The van der Waals surface area contributed by atoms with Gasteiger partial charge in [-0.25, -0.2) is 4.98 Å². The largest absolute Gasteiger partial charge is 0.379 e. The first-order chi connectivity index (χ1) is 9.70. The van der Waals surface area contributed by atoms with E-state index in [0.29, 0.717) is 43.7 Å². The van der Waals surface area contributed by atoms with E-state index >= 15 is 0 Å². The van der Waals surface area contributed by atoms with E-state index in [2.05, 4.69) is 4.98 Å². The van der Waals surface area contributed by atoms with Crippen molar-refractivity contribution in [1.82, 2.24) is 9.88 Å². The molecule has 1 fully saturated rings. The zero-order chi connectivity index (χ0) is 14.4. The zero-order valence-electron chi connectivity index (χ0n) is 11.7. The molecule has 0 saturated carbocycles. The first-order valence-corrected chi connectivity index (χ1v) is 7.78. The summed E-state index contributed by atoms with van der Waals surface area (Å²) in [5.74, 6) is -0.0364. The Morgan fingerprint density at radius 2 is 2.25 bits per heavy atom. The molecule has 1 aliphatic heterocycles. The second-order valence-corrected chi connectivity index (χ2v) is 5.52. The Balaban J connectivity index is 1.72. The van der Waals surface area contributed by atoms with Crippen LogP contribution in [0.25, 0.3) is 0 Å². The molecule has 0 aromatic carbocycles. The zero-order valence-corrected chi connectivity index (χ0v) is 12.5. The number of ether oxygens (including phenoxy) is 2. The third kappa shape index (κ3) is 4.16. The van der Waals surface area contributed by atoms with Crippen LogP contribution >= 0.6 is 11.3 Å². The van der Waals surface area contributed by atoms with Crippen LogP contribution < -0.4 is 5.73 Å². The fraction of sp³-hybridized carbons (Fsp3) is 0.692. The van der Waals surface area contributed by atoms with Gasteiger partial charge in [0.1, 0.15) is 5.69 Å². The molecule has 1 aromatic heterocycles. The van der Waals surface area contributed by atoms with E-state index in [0.717, 1.165) is 12.8 Å². The number of anilines is 1. The number of carbonyl (C=O) groups excluding carboxylic acids is 1. The van der Waals surface area contributed by atoms with Crippen LogP contribution in [0.4, 0.5) is 5.13 Å². The molecule has 2 N–H and O–H groups in total. The maximum Gasteiger partial charge on any atom is 0.273 e. The Kier molecular flexibility index (Phi) is 5.75. The van der Waals surface area contributed by atoms with Crippen molar-refractivity contribution < 1.29 is 14.3 Å². The molecule has 20 heavy (non-hydrogen) atoms. The first kappa shape index (κ1) is 15.2. The smallest absolute Gasteiger partial charge is 0.273 e. The van der Waals surface area contributed by atoms with Crippen molar-refractivity contribution in [2.45, 2.75) is 25.9 Å². The van der Waals surface area contributed by atoms with Gasteiger partial charge in [0.2, 0.25) is 0 Å². The third-order valence-electron chi connectivity index (χ3n) is 3.26. The van der Waals surface area contributed by atoms with Crippen LogP contribution in [-0.4, -0.2) is 54.8 Å². The highest BCUT2D eigenvalue weighted by atomic mass is 32.1. The van der Waals surface area contributed by atoms with Gasteiger partial charge < -0.3 is 20.1 Å². The van der Waals surface area contributed by atoms with Crippen molar-refractivity contribution in [3.05, 3.63) is 11.1 Å². The van der Waals surface area contributed by atoms with Crippen LogP contribution in [0.15, 0.2) is 5.38 Å². The molecule has 0 bridgehead atoms. The average molecular weight is 299 g/mol. The summed E-state index contributed by atoms with van der Waals surface area (Å²) in [7, 11) is 0. The number of nitrogen functional groups attached to an aromatic ring is 1. The molecule has 2 rings (SSSR count).